The molecule has 0 amide bonds. The van der Waals surface area contributed by atoms with E-state index in [1.807, 2.05) is 0 Å². The highest BCUT2D eigenvalue weighted by Gasteiger charge is 2.43. The lowest BCUT2D eigenvalue weighted by Gasteiger charge is -2.38. The number of terminal acetylenes is 1. The number of nitrogens with zero attached hydrogens (tertiary/aromatic N) is 6. The van der Waals surface area contributed by atoms with Crippen molar-refractivity contribution in [3.8, 4) is 24.1 Å². The molecule has 1 saturated heterocycles. The fourth-order valence-electron chi connectivity index (χ4n) is 7.10. The highest BCUT2D eigenvalue weighted by atomic mass is 32.2. The molecule has 3 unspecified atom stereocenters. The van der Waals surface area contributed by atoms with Crippen molar-refractivity contribution < 1.29 is 12.9 Å². The number of fused-ring (bicyclic) bond motifs is 1. The average Bonchev–Trinajstić information content (AvgIpc) is 3.58. The molecule has 6 rings (SSSR count). The number of sulfone groups is 1. The van der Waals surface area contributed by atoms with Crippen molar-refractivity contribution in [3.05, 3.63) is 10.6 Å². The smallest absolute Gasteiger partial charge is 0.365 e. The molecule has 0 spiro atoms. The van der Waals surface area contributed by atoms with Crippen molar-refractivity contribution >= 4 is 32.8 Å². The lowest BCUT2D eigenvalue weighted by atomic mass is 9.78. The SMILES string of the molecule is C#Cn1c(N2C(CS(C)(=O)=O)CCC2C2CCC[C@H](C)C2)nc2nc(-c3noc(=O)[nH]3)nc(N[C@H](C)C3CCC3)c21. The number of anilines is 2. The van der Waals surface area contributed by atoms with Gasteiger partial charge in [-0.3, -0.25) is 9.51 Å². The third kappa shape index (κ3) is 5.46. The molecule has 3 aliphatic rings. The van der Waals surface area contributed by atoms with E-state index >= 15 is 0 Å². The molecule has 0 bridgehead atoms. The summed E-state index contributed by atoms with van der Waals surface area (Å²) >= 11 is 0. The highest BCUT2D eigenvalue weighted by Crippen LogP contribution is 2.42. The topological polar surface area (TPSA) is 152 Å². The molecule has 2 aliphatic carbocycles. The third-order valence-corrected chi connectivity index (χ3v) is 10.3. The zero-order chi connectivity index (χ0) is 28.9. The molecule has 2 saturated carbocycles. The van der Waals surface area contributed by atoms with Crippen LogP contribution in [0.15, 0.2) is 9.32 Å². The van der Waals surface area contributed by atoms with Crippen LogP contribution in [-0.2, 0) is 9.84 Å². The van der Waals surface area contributed by atoms with Crippen molar-refractivity contribution in [3.63, 3.8) is 0 Å². The summed E-state index contributed by atoms with van der Waals surface area (Å²) in [5.74, 6) is 2.13. The number of aromatic nitrogens is 6. The largest absolute Gasteiger partial charge is 0.439 e. The van der Waals surface area contributed by atoms with Gasteiger partial charge in [0.25, 0.3) is 0 Å². The molecule has 0 aromatic carbocycles. The minimum absolute atomic E-state index is 0.0283. The zero-order valence-corrected chi connectivity index (χ0v) is 24.7. The molecule has 3 aromatic heterocycles. The van der Waals surface area contributed by atoms with Gasteiger partial charge in [-0.25, -0.2) is 27.7 Å². The summed E-state index contributed by atoms with van der Waals surface area (Å²) in [4.78, 5) is 30.7. The summed E-state index contributed by atoms with van der Waals surface area (Å²) < 4.78 is 31.4. The summed E-state index contributed by atoms with van der Waals surface area (Å²) in [6.07, 6.45) is 17.1. The summed E-state index contributed by atoms with van der Waals surface area (Å²) in [6, 6.07) is 2.79. The van der Waals surface area contributed by atoms with E-state index in [1.165, 1.54) is 19.1 Å². The van der Waals surface area contributed by atoms with Gasteiger partial charge in [0.2, 0.25) is 17.6 Å². The number of H-pyrrole nitrogens is 1. The number of rotatable bonds is 8. The van der Waals surface area contributed by atoms with Crippen LogP contribution in [0, 0.1) is 30.2 Å². The third-order valence-electron chi connectivity index (χ3n) is 9.29. The summed E-state index contributed by atoms with van der Waals surface area (Å²) in [5, 5.41) is 7.33. The monoisotopic (exact) mass is 582 g/mol. The summed E-state index contributed by atoms with van der Waals surface area (Å²) in [6.45, 7) is 4.42. The first-order chi connectivity index (χ1) is 19.6. The van der Waals surface area contributed by atoms with Gasteiger partial charge >= 0.3 is 5.76 Å². The molecule has 220 valence electrons. The second kappa shape index (κ2) is 10.8. The minimum atomic E-state index is -3.26. The van der Waals surface area contributed by atoms with Crippen molar-refractivity contribution in [1.29, 1.82) is 0 Å². The molecular formula is C28H38N8O4S. The van der Waals surface area contributed by atoms with Gasteiger partial charge in [0.1, 0.15) is 15.4 Å². The van der Waals surface area contributed by atoms with Crippen LogP contribution in [0.3, 0.4) is 0 Å². The Balaban J connectivity index is 1.50. The molecule has 2 N–H and O–H groups in total. The number of aromatic amines is 1. The summed E-state index contributed by atoms with van der Waals surface area (Å²) in [5.41, 5.74) is 0.889. The second-order valence-electron chi connectivity index (χ2n) is 12.3. The van der Waals surface area contributed by atoms with Gasteiger partial charge in [-0.1, -0.05) is 37.8 Å². The van der Waals surface area contributed by atoms with Crippen LogP contribution in [0.4, 0.5) is 11.8 Å². The fraction of sp³-hybridized carbons (Fsp3) is 0.679. The molecule has 5 atom stereocenters. The Morgan fingerprint density at radius 2 is 1.93 bits per heavy atom. The molecule has 4 heterocycles. The quantitative estimate of drug-likeness (QED) is 0.378. The van der Waals surface area contributed by atoms with Gasteiger partial charge in [0.15, 0.2) is 11.5 Å². The molecule has 1 aliphatic heterocycles. The average molecular weight is 583 g/mol. The van der Waals surface area contributed by atoms with E-state index in [-0.39, 0.29) is 35.5 Å². The van der Waals surface area contributed by atoms with Gasteiger partial charge in [0.05, 0.1) is 5.75 Å². The lowest BCUT2D eigenvalue weighted by molar-refractivity contribution is 0.244. The lowest BCUT2D eigenvalue weighted by Crippen LogP contribution is -2.45. The fourth-order valence-corrected chi connectivity index (χ4v) is 8.13. The van der Waals surface area contributed by atoms with Crippen LogP contribution in [-0.4, -0.2) is 68.2 Å². The van der Waals surface area contributed by atoms with Gasteiger partial charge in [0, 0.05) is 30.4 Å². The van der Waals surface area contributed by atoms with E-state index < -0.39 is 15.6 Å². The molecule has 13 heteroatoms. The predicted octanol–water partition coefficient (Wildman–Crippen LogP) is 3.42. The van der Waals surface area contributed by atoms with E-state index in [4.69, 9.17) is 20.9 Å². The van der Waals surface area contributed by atoms with E-state index in [9.17, 15) is 13.2 Å². The maximum Gasteiger partial charge on any atom is 0.439 e. The first kappa shape index (κ1) is 27.8. The van der Waals surface area contributed by atoms with Crippen molar-refractivity contribution in [1.82, 2.24) is 29.7 Å². The maximum atomic E-state index is 12.5. The van der Waals surface area contributed by atoms with E-state index in [0.717, 1.165) is 44.9 Å². The normalized spacial score (nSPS) is 26.1. The number of hydrogen-bond acceptors (Lipinski definition) is 10. The first-order valence-corrected chi connectivity index (χ1v) is 16.7. The van der Waals surface area contributed by atoms with Crippen LogP contribution in [0.25, 0.3) is 22.8 Å². The number of hydrogen-bond donors (Lipinski definition) is 2. The predicted molar refractivity (Wildman–Crippen MR) is 156 cm³/mol. The van der Waals surface area contributed by atoms with E-state index in [1.54, 1.807) is 4.57 Å². The van der Waals surface area contributed by atoms with Gasteiger partial charge < -0.3 is 10.2 Å². The Morgan fingerprint density at radius 3 is 2.56 bits per heavy atom. The number of imidazole rings is 1. The number of nitrogens with one attached hydrogen (secondary N) is 2. The Kier molecular flexibility index (Phi) is 7.30. The molecule has 12 nitrogen and oxygen atoms in total. The van der Waals surface area contributed by atoms with Crippen LogP contribution < -0.4 is 16.0 Å². The van der Waals surface area contributed by atoms with Crippen molar-refractivity contribution in [2.45, 2.75) is 89.8 Å². The molecule has 0 radical (unpaired) electrons. The Bertz CT molecular complexity index is 1630. The zero-order valence-electron chi connectivity index (χ0n) is 23.8. The van der Waals surface area contributed by atoms with Crippen LogP contribution >= 0.6 is 0 Å². The second-order valence-corrected chi connectivity index (χ2v) is 14.5. The van der Waals surface area contributed by atoms with Gasteiger partial charge in [-0.05, 0) is 63.2 Å². The van der Waals surface area contributed by atoms with E-state index in [0.29, 0.717) is 40.7 Å². The van der Waals surface area contributed by atoms with Crippen molar-refractivity contribution in [2.24, 2.45) is 17.8 Å². The minimum Gasteiger partial charge on any atom is -0.365 e. The molecule has 3 aromatic rings. The van der Waals surface area contributed by atoms with Crippen LogP contribution in [0.2, 0.25) is 0 Å². The Morgan fingerprint density at radius 1 is 1.15 bits per heavy atom. The molecule has 3 fully saturated rings. The van der Waals surface area contributed by atoms with Gasteiger partial charge in [-0.15, -0.1) is 0 Å². The maximum absolute atomic E-state index is 12.5. The van der Waals surface area contributed by atoms with E-state index in [2.05, 4.69) is 45.2 Å². The van der Waals surface area contributed by atoms with Gasteiger partial charge in [-0.2, -0.15) is 4.98 Å². The standard InChI is InChI=1S/C28H38N8O4S/c1-5-35-22-23(29-17(3)18-9-7-10-18)30-25(26-33-28(37)40-34-26)31-24(22)32-27(35)36-20(15-41(4,38)39)12-13-21(36)19-11-6-8-16(2)14-19/h1,16-21H,6-15H2,2-4H3,(H,29,30,31)(H,33,34,37)/t16-,17+,19?,20?,21?/m0/s1. The summed E-state index contributed by atoms with van der Waals surface area (Å²) in [7, 11) is -3.26. The molecule has 41 heavy (non-hydrogen) atoms. The highest BCUT2D eigenvalue weighted by molar-refractivity contribution is 7.90. The van der Waals surface area contributed by atoms with Crippen LogP contribution in [0.1, 0.15) is 71.6 Å². The Hall–Kier alpha value is -3.40. The Labute approximate surface area is 239 Å². The first-order valence-electron chi connectivity index (χ1n) is 14.7. The van der Waals surface area contributed by atoms with Crippen LogP contribution in [0.5, 0.6) is 0 Å². The molecular weight excluding hydrogens is 544 g/mol. The van der Waals surface area contributed by atoms with Crippen molar-refractivity contribution in [2.75, 3.05) is 22.2 Å².